The predicted molar refractivity (Wildman–Crippen MR) is 69.5 cm³/mol. The lowest BCUT2D eigenvalue weighted by Crippen LogP contribution is -2.39. The number of nitrogens with one attached hydrogen (secondary N) is 1. The van der Waals surface area contributed by atoms with Gasteiger partial charge in [0.25, 0.3) is 0 Å². The Morgan fingerprint density at radius 3 is 2.53 bits per heavy atom. The van der Waals surface area contributed by atoms with E-state index in [1.807, 2.05) is 0 Å². The normalized spacial score (nSPS) is 31.8. The van der Waals surface area contributed by atoms with Crippen LogP contribution in [-0.2, 0) is 4.79 Å². The fraction of sp³-hybridized carbons (Fsp3) is 0.929. The molecule has 1 N–H and O–H groups in total. The summed E-state index contributed by atoms with van der Waals surface area (Å²) in [5.41, 5.74) is 0. The first-order valence-corrected chi connectivity index (χ1v) is 7.04. The average molecular weight is 239 g/mol. The van der Waals surface area contributed by atoms with Crippen LogP contribution in [0.25, 0.3) is 0 Å². The van der Waals surface area contributed by atoms with E-state index in [2.05, 4.69) is 26.5 Å². The van der Waals surface area contributed by atoms with Crippen LogP contribution in [-0.4, -0.2) is 44.6 Å². The van der Waals surface area contributed by atoms with E-state index in [9.17, 15) is 4.79 Å². The highest BCUT2D eigenvalue weighted by Gasteiger charge is 2.42. The third-order valence-electron chi connectivity index (χ3n) is 4.38. The summed E-state index contributed by atoms with van der Waals surface area (Å²) >= 11 is 0. The molecule has 2 rings (SSSR count). The maximum atomic E-state index is 12.0. The number of quaternary nitrogens is 1. The van der Waals surface area contributed by atoms with Crippen LogP contribution >= 0.6 is 0 Å². The van der Waals surface area contributed by atoms with Crippen LogP contribution in [0.4, 0.5) is 0 Å². The molecule has 0 unspecified atom stereocenters. The van der Waals surface area contributed by atoms with Crippen molar-refractivity contribution in [3.63, 3.8) is 0 Å². The quantitative estimate of drug-likeness (QED) is 0.573. The number of carbonyl (C=O) groups is 1. The summed E-state index contributed by atoms with van der Waals surface area (Å²) in [6.07, 6.45) is 6.22. The Balaban J connectivity index is 1.65. The Bertz CT molecular complexity index is 282. The van der Waals surface area contributed by atoms with Gasteiger partial charge >= 0.3 is 0 Å². The molecule has 0 aromatic rings. The van der Waals surface area contributed by atoms with Gasteiger partial charge in [0.15, 0.2) is 0 Å². The first-order chi connectivity index (χ1) is 7.96. The molecule has 2 aliphatic carbocycles. The van der Waals surface area contributed by atoms with E-state index >= 15 is 0 Å². The number of rotatable bonds is 5. The highest BCUT2D eigenvalue weighted by Crippen LogP contribution is 2.48. The molecule has 0 aromatic heterocycles. The maximum Gasteiger partial charge on any atom is 0.223 e. The third kappa shape index (κ3) is 3.44. The first-order valence-electron chi connectivity index (χ1n) is 7.04. The van der Waals surface area contributed by atoms with E-state index in [0.29, 0.717) is 17.7 Å². The summed E-state index contributed by atoms with van der Waals surface area (Å²) in [5, 5.41) is 3.13. The molecule has 0 aromatic carbocycles. The van der Waals surface area contributed by atoms with Crippen molar-refractivity contribution in [1.82, 2.24) is 5.32 Å². The van der Waals surface area contributed by atoms with Gasteiger partial charge in [-0.15, -0.1) is 0 Å². The van der Waals surface area contributed by atoms with Gasteiger partial charge in [0.2, 0.25) is 5.91 Å². The van der Waals surface area contributed by atoms with Gasteiger partial charge in [-0.25, -0.2) is 0 Å². The predicted octanol–water partition coefficient (Wildman–Crippen LogP) is 1.64. The molecule has 3 atom stereocenters. The smallest absolute Gasteiger partial charge is 0.223 e. The van der Waals surface area contributed by atoms with Gasteiger partial charge in [-0.2, -0.15) is 0 Å². The largest absolute Gasteiger partial charge is 0.356 e. The zero-order valence-electron chi connectivity index (χ0n) is 11.5. The highest BCUT2D eigenvalue weighted by molar-refractivity contribution is 5.79. The van der Waals surface area contributed by atoms with Crippen molar-refractivity contribution in [2.45, 2.75) is 32.1 Å². The molecule has 0 heterocycles. The van der Waals surface area contributed by atoms with Crippen molar-refractivity contribution in [2.24, 2.45) is 17.8 Å². The van der Waals surface area contributed by atoms with E-state index < -0.39 is 0 Å². The molecule has 0 radical (unpaired) electrons. The lowest BCUT2D eigenvalue weighted by molar-refractivity contribution is -0.870. The molecule has 0 spiro atoms. The fourth-order valence-electron chi connectivity index (χ4n) is 3.46. The molecule has 1 amide bonds. The molecule has 2 saturated carbocycles. The van der Waals surface area contributed by atoms with Crippen LogP contribution in [0.1, 0.15) is 32.1 Å². The summed E-state index contributed by atoms with van der Waals surface area (Å²) < 4.78 is 0.976. The van der Waals surface area contributed by atoms with Gasteiger partial charge in [0.05, 0.1) is 27.7 Å². The topological polar surface area (TPSA) is 29.1 Å². The molecular weight excluding hydrogens is 212 g/mol. The van der Waals surface area contributed by atoms with Crippen LogP contribution in [0.2, 0.25) is 0 Å². The van der Waals surface area contributed by atoms with Crippen LogP contribution < -0.4 is 5.32 Å². The number of fused-ring (bicyclic) bond motifs is 2. The van der Waals surface area contributed by atoms with Crippen molar-refractivity contribution in [3.8, 4) is 0 Å². The monoisotopic (exact) mass is 239 g/mol. The number of carbonyl (C=O) groups excluding carboxylic acids is 1. The highest BCUT2D eigenvalue weighted by atomic mass is 16.1. The Hall–Kier alpha value is -0.570. The van der Waals surface area contributed by atoms with E-state index in [-0.39, 0.29) is 0 Å². The van der Waals surface area contributed by atoms with Crippen LogP contribution in [0, 0.1) is 17.8 Å². The minimum atomic E-state index is 0.332. The summed E-state index contributed by atoms with van der Waals surface area (Å²) in [7, 11) is 6.58. The van der Waals surface area contributed by atoms with Gasteiger partial charge in [0, 0.05) is 18.9 Å². The lowest BCUT2D eigenvalue weighted by Gasteiger charge is -2.24. The summed E-state index contributed by atoms with van der Waals surface area (Å²) in [6.45, 7) is 1.97. The van der Waals surface area contributed by atoms with Crippen molar-refractivity contribution in [2.75, 3.05) is 34.2 Å². The molecule has 0 saturated heterocycles. The molecule has 2 aliphatic rings. The van der Waals surface area contributed by atoms with Crippen molar-refractivity contribution in [3.05, 3.63) is 0 Å². The molecule has 3 nitrogen and oxygen atoms in total. The molecule has 2 bridgehead atoms. The first kappa shape index (κ1) is 12.9. The zero-order chi connectivity index (χ0) is 12.5. The maximum absolute atomic E-state index is 12.0. The number of amides is 1. The molecule has 2 fully saturated rings. The van der Waals surface area contributed by atoms with Crippen LogP contribution in [0.15, 0.2) is 0 Å². The van der Waals surface area contributed by atoms with Crippen molar-refractivity contribution >= 4 is 5.91 Å². The molecular formula is C14H27N2O+. The second kappa shape index (κ2) is 4.97. The Kier molecular flexibility index (Phi) is 3.76. The standard InChI is InChI=1S/C14H26N2O/c1-16(2,3)8-4-7-15-14(17)13-10-11-5-6-12(13)9-11/h11-13H,4-10H2,1-3H3/p+1/t11-,12-,13-/m1/s1. The third-order valence-corrected chi connectivity index (χ3v) is 4.38. The van der Waals surface area contributed by atoms with Gasteiger partial charge in [0.1, 0.15) is 0 Å². The average Bonchev–Trinajstić information content (AvgIpc) is 2.84. The number of nitrogens with zero attached hydrogens (tertiary/aromatic N) is 1. The summed E-state index contributed by atoms with van der Waals surface area (Å²) in [5.74, 6) is 2.25. The molecule has 17 heavy (non-hydrogen) atoms. The van der Waals surface area contributed by atoms with E-state index in [1.54, 1.807) is 0 Å². The Labute approximate surface area is 105 Å². The van der Waals surface area contributed by atoms with Crippen LogP contribution in [0.5, 0.6) is 0 Å². The van der Waals surface area contributed by atoms with Gasteiger partial charge in [-0.3, -0.25) is 4.79 Å². The van der Waals surface area contributed by atoms with Gasteiger partial charge in [-0.05, 0) is 31.1 Å². The lowest BCUT2D eigenvalue weighted by atomic mass is 9.88. The molecule has 0 aliphatic heterocycles. The van der Waals surface area contributed by atoms with Gasteiger partial charge < -0.3 is 9.80 Å². The molecule has 3 heteroatoms. The van der Waals surface area contributed by atoms with Crippen molar-refractivity contribution in [1.29, 1.82) is 0 Å². The Morgan fingerprint density at radius 1 is 1.24 bits per heavy atom. The van der Waals surface area contributed by atoms with E-state index in [1.165, 1.54) is 19.3 Å². The number of hydrogen-bond donors (Lipinski definition) is 1. The minimum absolute atomic E-state index is 0.332. The van der Waals surface area contributed by atoms with Gasteiger partial charge in [-0.1, -0.05) is 6.42 Å². The summed E-state index contributed by atoms with van der Waals surface area (Å²) in [6, 6.07) is 0. The SMILES string of the molecule is C[N+](C)(C)CCCNC(=O)[C@@H]1C[C@@H]2CC[C@@H]1C2. The second-order valence-electron chi connectivity index (χ2n) is 6.94. The summed E-state index contributed by atoms with van der Waals surface area (Å²) in [4.78, 5) is 12.0. The Morgan fingerprint density at radius 2 is 2.00 bits per heavy atom. The van der Waals surface area contributed by atoms with Crippen molar-refractivity contribution < 1.29 is 9.28 Å². The van der Waals surface area contributed by atoms with E-state index in [4.69, 9.17) is 0 Å². The zero-order valence-corrected chi connectivity index (χ0v) is 11.5. The minimum Gasteiger partial charge on any atom is -0.356 e. The fourth-order valence-corrected chi connectivity index (χ4v) is 3.46. The van der Waals surface area contributed by atoms with E-state index in [0.717, 1.165) is 36.3 Å². The molecule has 98 valence electrons. The van der Waals surface area contributed by atoms with Crippen LogP contribution in [0.3, 0.4) is 0 Å². The number of hydrogen-bond acceptors (Lipinski definition) is 1. The second-order valence-corrected chi connectivity index (χ2v) is 6.94.